The lowest BCUT2D eigenvalue weighted by atomic mass is 10.2. The Bertz CT molecular complexity index is 816. The third-order valence-electron chi connectivity index (χ3n) is 3.39. The zero-order valence-electron chi connectivity index (χ0n) is 12.7. The van der Waals surface area contributed by atoms with Crippen molar-refractivity contribution in [2.45, 2.75) is 6.92 Å². The summed E-state index contributed by atoms with van der Waals surface area (Å²) in [7, 11) is 0. The van der Waals surface area contributed by atoms with Crippen molar-refractivity contribution < 1.29 is 9.53 Å². The van der Waals surface area contributed by atoms with Crippen LogP contribution in [0.1, 0.15) is 15.9 Å². The Hall–Kier alpha value is -3.14. The Kier molecular flexibility index (Phi) is 4.34. The van der Waals surface area contributed by atoms with Crippen LogP contribution in [0.2, 0.25) is 0 Å². The number of anilines is 1. The molecular formula is C19H16N2O2. The molecule has 0 radical (unpaired) electrons. The predicted octanol–water partition coefficient (Wildman–Crippen LogP) is 4.43. The van der Waals surface area contributed by atoms with Crippen LogP contribution >= 0.6 is 0 Å². The van der Waals surface area contributed by atoms with Crippen molar-refractivity contribution in [2.24, 2.45) is 0 Å². The van der Waals surface area contributed by atoms with Gasteiger partial charge in [0.25, 0.3) is 5.91 Å². The van der Waals surface area contributed by atoms with Crippen LogP contribution in [0.15, 0.2) is 73.1 Å². The van der Waals surface area contributed by atoms with Crippen LogP contribution < -0.4 is 10.1 Å². The number of nitrogens with zero attached hydrogens (tertiary/aromatic N) is 1. The molecule has 0 aliphatic heterocycles. The summed E-state index contributed by atoms with van der Waals surface area (Å²) in [5.41, 5.74) is 2.20. The highest BCUT2D eigenvalue weighted by Gasteiger charge is 2.10. The molecule has 0 aliphatic rings. The van der Waals surface area contributed by atoms with Gasteiger partial charge >= 0.3 is 0 Å². The van der Waals surface area contributed by atoms with Crippen LogP contribution in [0.5, 0.6) is 11.5 Å². The fourth-order valence-electron chi connectivity index (χ4n) is 2.15. The first-order valence-electron chi connectivity index (χ1n) is 7.28. The van der Waals surface area contributed by atoms with E-state index in [2.05, 4.69) is 10.3 Å². The highest BCUT2D eigenvalue weighted by molar-refractivity contribution is 6.04. The van der Waals surface area contributed by atoms with Crippen molar-refractivity contribution in [1.29, 1.82) is 0 Å². The Morgan fingerprint density at radius 1 is 0.913 bits per heavy atom. The third-order valence-corrected chi connectivity index (χ3v) is 3.39. The van der Waals surface area contributed by atoms with E-state index in [9.17, 15) is 4.79 Å². The molecule has 0 spiro atoms. The van der Waals surface area contributed by atoms with Gasteiger partial charge in [-0.2, -0.15) is 0 Å². The Balaban J connectivity index is 1.84. The van der Waals surface area contributed by atoms with Crippen LogP contribution in [0, 0.1) is 6.92 Å². The molecule has 0 atom stereocenters. The van der Waals surface area contributed by atoms with Crippen LogP contribution in [0.3, 0.4) is 0 Å². The van der Waals surface area contributed by atoms with Gasteiger partial charge in [0.05, 0.1) is 5.69 Å². The molecule has 23 heavy (non-hydrogen) atoms. The second-order valence-corrected chi connectivity index (χ2v) is 5.05. The number of carbonyl (C=O) groups excluding carboxylic acids is 1. The van der Waals surface area contributed by atoms with Crippen LogP contribution in [0.4, 0.5) is 5.69 Å². The average molecular weight is 304 g/mol. The number of ether oxygens (including phenoxy) is 1. The van der Waals surface area contributed by atoms with E-state index in [4.69, 9.17) is 4.74 Å². The first kappa shape index (κ1) is 14.8. The third kappa shape index (κ3) is 3.55. The lowest BCUT2D eigenvalue weighted by molar-refractivity contribution is 0.102. The molecule has 114 valence electrons. The summed E-state index contributed by atoms with van der Waals surface area (Å²) in [4.78, 5) is 16.2. The summed E-state index contributed by atoms with van der Waals surface area (Å²) in [6, 6.07) is 18.5. The van der Waals surface area contributed by atoms with E-state index in [1.807, 2.05) is 55.5 Å². The summed E-state index contributed by atoms with van der Waals surface area (Å²) >= 11 is 0. The van der Waals surface area contributed by atoms with Gasteiger partial charge in [0.2, 0.25) is 0 Å². The topological polar surface area (TPSA) is 51.2 Å². The molecule has 0 bridgehead atoms. The summed E-state index contributed by atoms with van der Waals surface area (Å²) in [5, 5.41) is 2.87. The number of nitrogens with one attached hydrogen (secondary N) is 1. The summed E-state index contributed by atoms with van der Waals surface area (Å²) in [5.74, 6) is 1.16. The van der Waals surface area contributed by atoms with Crippen molar-refractivity contribution >= 4 is 11.6 Å². The lowest BCUT2D eigenvalue weighted by Crippen LogP contribution is -2.12. The fourth-order valence-corrected chi connectivity index (χ4v) is 2.15. The van der Waals surface area contributed by atoms with Crippen molar-refractivity contribution in [3.8, 4) is 11.5 Å². The standard InChI is InChI=1S/C19H16N2O2/c1-14-6-2-4-8-17(14)23-18-9-5-3-7-16(18)21-19(22)15-10-12-20-13-11-15/h2-13H,1H3,(H,21,22). The number of aromatic nitrogens is 1. The van der Waals surface area contributed by atoms with Gasteiger partial charge in [-0.25, -0.2) is 0 Å². The maximum atomic E-state index is 12.3. The number of carbonyl (C=O) groups is 1. The van der Waals surface area contributed by atoms with Gasteiger partial charge in [-0.15, -0.1) is 0 Å². The number of hydrogen-bond donors (Lipinski definition) is 1. The first-order chi connectivity index (χ1) is 11.2. The molecule has 0 fully saturated rings. The fraction of sp³-hybridized carbons (Fsp3) is 0.0526. The lowest BCUT2D eigenvalue weighted by Gasteiger charge is -2.13. The molecule has 3 rings (SSSR count). The van der Waals surface area contributed by atoms with E-state index in [0.29, 0.717) is 17.0 Å². The van der Waals surface area contributed by atoms with Gasteiger partial charge in [-0.05, 0) is 42.8 Å². The Labute approximate surface area is 134 Å². The van der Waals surface area contributed by atoms with Gasteiger partial charge < -0.3 is 10.1 Å². The second-order valence-electron chi connectivity index (χ2n) is 5.05. The molecule has 1 heterocycles. The number of benzene rings is 2. The molecule has 1 aromatic heterocycles. The molecule has 0 saturated heterocycles. The molecular weight excluding hydrogens is 288 g/mol. The van der Waals surface area contributed by atoms with Gasteiger partial charge in [-0.1, -0.05) is 30.3 Å². The minimum absolute atomic E-state index is 0.201. The van der Waals surface area contributed by atoms with Crippen molar-refractivity contribution in [1.82, 2.24) is 4.98 Å². The van der Waals surface area contributed by atoms with Gasteiger partial charge in [0.1, 0.15) is 5.75 Å². The molecule has 0 aliphatic carbocycles. The van der Waals surface area contributed by atoms with Gasteiger partial charge in [0.15, 0.2) is 5.75 Å². The van der Waals surface area contributed by atoms with E-state index in [0.717, 1.165) is 11.3 Å². The molecule has 3 aromatic rings. The normalized spacial score (nSPS) is 10.1. The van der Waals surface area contributed by atoms with E-state index >= 15 is 0 Å². The largest absolute Gasteiger partial charge is 0.455 e. The quantitative estimate of drug-likeness (QED) is 0.775. The van der Waals surface area contributed by atoms with Crippen LogP contribution in [0.25, 0.3) is 0 Å². The summed E-state index contributed by atoms with van der Waals surface area (Å²) < 4.78 is 5.95. The number of rotatable bonds is 4. The Morgan fingerprint density at radius 2 is 1.57 bits per heavy atom. The van der Waals surface area contributed by atoms with Crippen LogP contribution in [-0.2, 0) is 0 Å². The number of aryl methyl sites for hydroxylation is 1. The smallest absolute Gasteiger partial charge is 0.255 e. The van der Waals surface area contributed by atoms with E-state index in [1.165, 1.54) is 0 Å². The summed E-state index contributed by atoms with van der Waals surface area (Å²) in [6.07, 6.45) is 3.18. The van der Waals surface area contributed by atoms with Crippen LogP contribution in [-0.4, -0.2) is 10.9 Å². The zero-order valence-corrected chi connectivity index (χ0v) is 12.7. The van der Waals surface area contributed by atoms with E-state index in [-0.39, 0.29) is 5.91 Å². The highest BCUT2D eigenvalue weighted by Crippen LogP contribution is 2.31. The molecule has 1 amide bonds. The summed E-state index contributed by atoms with van der Waals surface area (Å²) in [6.45, 7) is 1.98. The minimum Gasteiger partial charge on any atom is -0.455 e. The predicted molar refractivity (Wildman–Crippen MR) is 89.9 cm³/mol. The van der Waals surface area contributed by atoms with Gasteiger partial charge in [0, 0.05) is 18.0 Å². The SMILES string of the molecule is Cc1ccccc1Oc1ccccc1NC(=O)c1ccncc1. The monoisotopic (exact) mass is 304 g/mol. The first-order valence-corrected chi connectivity index (χ1v) is 7.28. The van der Waals surface area contributed by atoms with E-state index < -0.39 is 0 Å². The molecule has 4 nitrogen and oxygen atoms in total. The average Bonchev–Trinajstić information content (AvgIpc) is 2.59. The number of amides is 1. The number of hydrogen-bond acceptors (Lipinski definition) is 3. The molecule has 0 saturated carbocycles. The van der Waals surface area contributed by atoms with Crippen molar-refractivity contribution in [3.63, 3.8) is 0 Å². The van der Waals surface area contributed by atoms with Crippen molar-refractivity contribution in [2.75, 3.05) is 5.32 Å². The molecule has 0 unspecified atom stereocenters. The maximum absolute atomic E-state index is 12.3. The number of pyridine rings is 1. The Morgan fingerprint density at radius 3 is 2.30 bits per heavy atom. The van der Waals surface area contributed by atoms with Gasteiger partial charge in [-0.3, -0.25) is 9.78 Å². The zero-order chi connectivity index (χ0) is 16.1. The molecule has 4 heteroatoms. The highest BCUT2D eigenvalue weighted by atomic mass is 16.5. The molecule has 1 N–H and O–H groups in total. The van der Waals surface area contributed by atoms with Crippen molar-refractivity contribution in [3.05, 3.63) is 84.2 Å². The van der Waals surface area contributed by atoms with E-state index in [1.54, 1.807) is 24.5 Å². The second kappa shape index (κ2) is 6.75. The maximum Gasteiger partial charge on any atom is 0.255 e. The molecule has 2 aromatic carbocycles. The minimum atomic E-state index is -0.201. The number of para-hydroxylation sites is 3.